The number of aromatic hydroxyl groups is 2. The van der Waals surface area contributed by atoms with Crippen molar-refractivity contribution in [3.8, 4) is 11.5 Å². The third-order valence-corrected chi connectivity index (χ3v) is 4.67. The van der Waals surface area contributed by atoms with Gasteiger partial charge in [0.2, 0.25) is 0 Å². The van der Waals surface area contributed by atoms with E-state index >= 15 is 0 Å². The van der Waals surface area contributed by atoms with E-state index in [9.17, 15) is 15.0 Å². The van der Waals surface area contributed by atoms with Gasteiger partial charge in [0.05, 0.1) is 5.56 Å². The van der Waals surface area contributed by atoms with Crippen molar-refractivity contribution in [2.75, 3.05) is 14.2 Å². The van der Waals surface area contributed by atoms with Crippen LogP contribution in [-0.4, -0.2) is 30.2 Å². The van der Waals surface area contributed by atoms with E-state index in [4.69, 9.17) is 9.47 Å². The number of methoxy groups -OCH3 is 2. The molecule has 0 saturated carbocycles. The van der Waals surface area contributed by atoms with Crippen LogP contribution in [-0.2, 0) is 15.9 Å². The molecule has 0 atom stereocenters. The Hall–Kier alpha value is -2.37. The number of hydrogen-bond acceptors (Lipinski definition) is 5. The van der Waals surface area contributed by atoms with Crippen LogP contribution < -0.4 is 0 Å². The van der Waals surface area contributed by atoms with Crippen molar-refractivity contribution in [2.45, 2.75) is 45.3 Å². The van der Waals surface area contributed by atoms with Gasteiger partial charge in [-0.05, 0) is 25.0 Å². The van der Waals surface area contributed by atoms with Gasteiger partial charge in [-0.3, -0.25) is 4.79 Å². The molecular weight excluding hydrogens is 344 g/mol. The first-order chi connectivity index (χ1) is 13.0. The van der Waals surface area contributed by atoms with E-state index in [0.29, 0.717) is 23.1 Å². The van der Waals surface area contributed by atoms with Gasteiger partial charge in [0.25, 0.3) is 0 Å². The molecule has 146 valence electrons. The molecule has 2 rings (SSSR count). The van der Waals surface area contributed by atoms with Gasteiger partial charge in [-0.15, -0.1) is 0 Å². The van der Waals surface area contributed by atoms with Crippen molar-refractivity contribution in [1.29, 1.82) is 0 Å². The monoisotopic (exact) mass is 372 g/mol. The number of carbonyl (C=O) groups is 1. The van der Waals surface area contributed by atoms with Crippen LogP contribution in [0, 0.1) is 0 Å². The first kappa shape index (κ1) is 20.9. The summed E-state index contributed by atoms with van der Waals surface area (Å²) < 4.78 is 10.6. The number of hydrogen-bond donors (Lipinski definition) is 2. The van der Waals surface area contributed by atoms with Crippen molar-refractivity contribution in [3.05, 3.63) is 58.7 Å². The minimum atomic E-state index is -0.682. The first-order valence-corrected chi connectivity index (χ1v) is 9.28. The largest absolute Gasteiger partial charge is 0.508 e. The Morgan fingerprint density at radius 1 is 0.963 bits per heavy atom. The summed E-state index contributed by atoms with van der Waals surface area (Å²) in [6, 6.07) is 9.90. The molecule has 0 fully saturated rings. The highest BCUT2D eigenvalue weighted by molar-refractivity contribution is 6.12. The fourth-order valence-corrected chi connectivity index (χ4v) is 3.19. The predicted octanol–water partition coefficient (Wildman–Crippen LogP) is 4.74. The molecule has 0 heterocycles. The third kappa shape index (κ3) is 4.87. The predicted molar refractivity (Wildman–Crippen MR) is 104 cm³/mol. The van der Waals surface area contributed by atoms with Gasteiger partial charge < -0.3 is 19.7 Å². The van der Waals surface area contributed by atoms with Crippen LogP contribution in [0.1, 0.15) is 65.9 Å². The lowest BCUT2D eigenvalue weighted by atomic mass is 9.94. The average Bonchev–Trinajstić information content (AvgIpc) is 2.68. The molecule has 5 nitrogen and oxygen atoms in total. The topological polar surface area (TPSA) is 76.0 Å². The van der Waals surface area contributed by atoms with Crippen molar-refractivity contribution in [1.82, 2.24) is 0 Å². The average molecular weight is 372 g/mol. The van der Waals surface area contributed by atoms with E-state index in [1.807, 2.05) is 0 Å². The highest BCUT2D eigenvalue weighted by Gasteiger charge is 2.23. The van der Waals surface area contributed by atoms with Gasteiger partial charge in [-0.1, -0.05) is 50.5 Å². The number of ketones is 1. The molecule has 2 N–H and O–H groups in total. The number of phenols is 2. The number of carbonyl (C=O) groups excluding carboxylic acids is 1. The maximum Gasteiger partial charge on any atom is 0.197 e. The Morgan fingerprint density at radius 2 is 1.67 bits per heavy atom. The van der Waals surface area contributed by atoms with E-state index < -0.39 is 6.29 Å². The molecule has 0 aromatic heterocycles. The number of benzene rings is 2. The number of rotatable bonds is 10. The maximum atomic E-state index is 13.1. The van der Waals surface area contributed by atoms with Crippen LogP contribution in [0.3, 0.4) is 0 Å². The Balaban J connectivity index is 2.37. The molecule has 0 spiro atoms. The smallest absolute Gasteiger partial charge is 0.197 e. The molecule has 27 heavy (non-hydrogen) atoms. The zero-order valence-corrected chi connectivity index (χ0v) is 16.2. The minimum Gasteiger partial charge on any atom is -0.508 e. The summed E-state index contributed by atoms with van der Waals surface area (Å²) in [6.45, 7) is 2.12. The van der Waals surface area contributed by atoms with E-state index in [2.05, 4.69) is 6.92 Å². The highest BCUT2D eigenvalue weighted by Crippen LogP contribution is 2.34. The Morgan fingerprint density at radius 3 is 2.33 bits per heavy atom. The van der Waals surface area contributed by atoms with Crippen LogP contribution in [0.25, 0.3) is 0 Å². The first-order valence-electron chi connectivity index (χ1n) is 9.28. The number of unbranched alkanes of at least 4 members (excludes halogenated alkanes) is 3. The lowest BCUT2D eigenvalue weighted by molar-refractivity contribution is -0.106. The summed E-state index contributed by atoms with van der Waals surface area (Å²) in [7, 11) is 3.00. The fourth-order valence-electron chi connectivity index (χ4n) is 3.19. The second-order valence-electron chi connectivity index (χ2n) is 6.49. The molecule has 5 heteroatoms. The molecule has 0 saturated heterocycles. The molecule has 2 aromatic rings. The molecule has 0 aliphatic carbocycles. The Labute approximate surface area is 160 Å². The molecule has 0 amide bonds. The van der Waals surface area contributed by atoms with Gasteiger partial charge >= 0.3 is 0 Å². The molecule has 0 aliphatic rings. The summed E-state index contributed by atoms with van der Waals surface area (Å²) >= 11 is 0. The van der Waals surface area contributed by atoms with Crippen LogP contribution in [0.5, 0.6) is 11.5 Å². The van der Waals surface area contributed by atoms with Crippen LogP contribution in [0.4, 0.5) is 0 Å². The lowest BCUT2D eigenvalue weighted by Crippen LogP contribution is -2.12. The second kappa shape index (κ2) is 10.1. The molecule has 0 radical (unpaired) electrons. The SMILES string of the molecule is CCCCCCc1c(O)ccc(C(=O)c2ccccc2C(OC)OC)c1O. The number of ether oxygens (including phenoxy) is 2. The second-order valence-corrected chi connectivity index (χ2v) is 6.49. The highest BCUT2D eigenvalue weighted by atomic mass is 16.7. The molecule has 0 aliphatic heterocycles. The maximum absolute atomic E-state index is 13.1. The summed E-state index contributed by atoms with van der Waals surface area (Å²) in [5.41, 5.74) is 1.56. The fraction of sp³-hybridized carbons (Fsp3) is 0.409. The van der Waals surface area contributed by atoms with Gasteiger partial charge in [0, 0.05) is 30.9 Å². The summed E-state index contributed by atoms with van der Waals surface area (Å²) in [5.74, 6) is -0.477. The van der Waals surface area contributed by atoms with Crippen molar-refractivity contribution < 1.29 is 24.5 Å². The molecule has 0 unspecified atom stereocenters. The minimum absolute atomic E-state index is 0.0143. The number of phenolic OH excluding ortho intramolecular Hbond substituents is 2. The van der Waals surface area contributed by atoms with Crippen molar-refractivity contribution in [3.63, 3.8) is 0 Å². The van der Waals surface area contributed by atoms with Gasteiger partial charge in [-0.25, -0.2) is 0 Å². The van der Waals surface area contributed by atoms with E-state index in [0.717, 1.165) is 25.7 Å². The summed E-state index contributed by atoms with van der Waals surface area (Å²) in [6.07, 6.45) is 3.91. The van der Waals surface area contributed by atoms with Crippen LogP contribution >= 0.6 is 0 Å². The standard InChI is InChI=1S/C22H28O5/c1-4-5-6-7-12-17-19(23)14-13-18(21(17)25)20(24)15-10-8-9-11-16(15)22(26-2)27-3/h8-11,13-14,22-23,25H,4-7,12H2,1-3H3. The van der Waals surface area contributed by atoms with Gasteiger partial charge in [0.1, 0.15) is 11.5 Å². The third-order valence-electron chi connectivity index (χ3n) is 4.67. The normalized spacial score (nSPS) is 11.1. The van der Waals surface area contributed by atoms with Crippen molar-refractivity contribution >= 4 is 5.78 Å². The molecular formula is C22H28O5. The molecule has 2 aromatic carbocycles. The van der Waals surface area contributed by atoms with Gasteiger partial charge in [0.15, 0.2) is 12.1 Å². The van der Waals surface area contributed by atoms with Crippen LogP contribution in [0.15, 0.2) is 36.4 Å². The Bertz CT molecular complexity index is 765. The zero-order valence-electron chi connectivity index (χ0n) is 16.2. The van der Waals surface area contributed by atoms with Crippen LogP contribution in [0.2, 0.25) is 0 Å². The van der Waals surface area contributed by atoms with Crippen molar-refractivity contribution in [2.24, 2.45) is 0 Å². The van der Waals surface area contributed by atoms with Gasteiger partial charge in [-0.2, -0.15) is 0 Å². The zero-order chi connectivity index (χ0) is 19.8. The lowest BCUT2D eigenvalue weighted by Gasteiger charge is -2.18. The van der Waals surface area contributed by atoms with E-state index in [1.54, 1.807) is 24.3 Å². The summed E-state index contributed by atoms with van der Waals surface area (Å²) in [5, 5.41) is 20.8. The van der Waals surface area contributed by atoms with E-state index in [-0.39, 0.29) is 22.8 Å². The Kier molecular flexibility index (Phi) is 7.82. The summed E-state index contributed by atoms with van der Waals surface area (Å²) in [4.78, 5) is 13.1. The van der Waals surface area contributed by atoms with E-state index in [1.165, 1.54) is 26.4 Å². The quantitative estimate of drug-likeness (QED) is 0.358. The molecule has 0 bridgehead atoms.